The minimum Gasteiger partial charge on any atom is -0.493 e. The average Bonchev–Trinajstić information content (AvgIpc) is 2.54. The summed E-state index contributed by atoms with van der Waals surface area (Å²) >= 11 is 0. The molecule has 2 aromatic rings. The Bertz CT molecular complexity index is 728. The molecule has 0 aromatic heterocycles. The fraction of sp³-hybridized carbons (Fsp3) is 0.125. The molecule has 120 valence electrons. The highest BCUT2D eigenvalue weighted by Crippen LogP contribution is 2.31. The lowest BCUT2D eigenvalue weighted by molar-refractivity contribution is 0.279. The molecule has 0 amide bonds. The van der Waals surface area contributed by atoms with Crippen molar-refractivity contribution in [3.8, 4) is 11.5 Å². The zero-order valence-electron chi connectivity index (χ0n) is 12.6. The Balaban J connectivity index is 2.26. The van der Waals surface area contributed by atoms with Crippen molar-refractivity contribution in [3.05, 3.63) is 59.4 Å². The fourth-order valence-electron chi connectivity index (χ4n) is 1.87. The van der Waals surface area contributed by atoms with E-state index in [1.165, 1.54) is 19.4 Å². The van der Waals surface area contributed by atoms with Gasteiger partial charge in [-0.3, -0.25) is 0 Å². The number of nitrogens with two attached hydrogens (primary N) is 2. The first-order chi connectivity index (χ1) is 11.1. The summed E-state index contributed by atoms with van der Waals surface area (Å²) < 4.78 is 24.7. The van der Waals surface area contributed by atoms with Crippen LogP contribution in [0.25, 0.3) is 0 Å². The number of hydrogen-bond acceptors (Lipinski definition) is 4. The summed E-state index contributed by atoms with van der Waals surface area (Å²) in [4.78, 5) is 0. The molecule has 0 spiro atoms. The standard InChI is InChI=1S/C16H17FN4O2/c1-22-14-8-4-6-11(9-20-21-16(18)19)15(14)23-10-12-5-2-3-7-13(12)17/h2-9H,10H2,1H3,(H4,18,19,21)/b20-9+. The Kier molecular flexibility index (Phi) is 5.51. The second-order valence-electron chi connectivity index (χ2n) is 4.53. The Labute approximate surface area is 133 Å². The summed E-state index contributed by atoms with van der Waals surface area (Å²) in [5.41, 5.74) is 11.5. The molecular formula is C16H17FN4O2. The second kappa shape index (κ2) is 7.79. The maximum absolute atomic E-state index is 13.7. The highest BCUT2D eigenvalue weighted by Gasteiger charge is 2.11. The number of rotatable bonds is 6. The van der Waals surface area contributed by atoms with E-state index in [0.717, 1.165) is 0 Å². The van der Waals surface area contributed by atoms with Gasteiger partial charge in [0.1, 0.15) is 12.4 Å². The van der Waals surface area contributed by atoms with Crippen LogP contribution in [0.5, 0.6) is 11.5 Å². The van der Waals surface area contributed by atoms with Gasteiger partial charge in [0, 0.05) is 11.1 Å². The van der Waals surface area contributed by atoms with Gasteiger partial charge in [-0.2, -0.15) is 5.10 Å². The SMILES string of the molecule is COc1cccc(/C=N/N=C(N)N)c1OCc1ccccc1F. The quantitative estimate of drug-likeness (QED) is 0.484. The van der Waals surface area contributed by atoms with Crippen molar-refractivity contribution in [2.24, 2.45) is 21.7 Å². The molecule has 0 heterocycles. The zero-order valence-corrected chi connectivity index (χ0v) is 12.6. The summed E-state index contributed by atoms with van der Waals surface area (Å²) in [6.07, 6.45) is 1.43. The van der Waals surface area contributed by atoms with Gasteiger partial charge in [-0.15, -0.1) is 5.10 Å². The molecule has 0 fully saturated rings. The monoisotopic (exact) mass is 316 g/mol. The topological polar surface area (TPSA) is 95.2 Å². The summed E-state index contributed by atoms with van der Waals surface area (Å²) in [6.45, 7) is 0.0518. The van der Waals surface area contributed by atoms with E-state index in [1.807, 2.05) is 0 Å². The number of methoxy groups -OCH3 is 1. The van der Waals surface area contributed by atoms with Gasteiger partial charge in [0.05, 0.1) is 13.3 Å². The molecule has 0 aliphatic carbocycles. The van der Waals surface area contributed by atoms with Crippen molar-refractivity contribution in [1.82, 2.24) is 0 Å². The van der Waals surface area contributed by atoms with Crippen LogP contribution in [-0.2, 0) is 6.61 Å². The Hall–Kier alpha value is -3.09. The third-order valence-corrected chi connectivity index (χ3v) is 2.93. The summed E-state index contributed by atoms with van der Waals surface area (Å²) in [6, 6.07) is 11.6. The van der Waals surface area contributed by atoms with Crippen LogP contribution in [0.1, 0.15) is 11.1 Å². The first-order valence-corrected chi connectivity index (χ1v) is 6.77. The number of halogens is 1. The predicted molar refractivity (Wildman–Crippen MR) is 87.1 cm³/mol. The summed E-state index contributed by atoms with van der Waals surface area (Å²) in [5.74, 6) is 0.430. The fourth-order valence-corrected chi connectivity index (χ4v) is 1.87. The van der Waals surface area contributed by atoms with Crippen LogP contribution in [0, 0.1) is 5.82 Å². The van der Waals surface area contributed by atoms with Gasteiger partial charge in [-0.1, -0.05) is 24.3 Å². The summed E-state index contributed by atoms with van der Waals surface area (Å²) in [5, 5.41) is 7.29. The zero-order chi connectivity index (χ0) is 16.7. The number of ether oxygens (including phenoxy) is 2. The van der Waals surface area contributed by atoms with Gasteiger partial charge < -0.3 is 20.9 Å². The lowest BCUT2D eigenvalue weighted by Crippen LogP contribution is -2.21. The van der Waals surface area contributed by atoms with Crippen LogP contribution in [-0.4, -0.2) is 19.3 Å². The van der Waals surface area contributed by atoms with Crippen molar-refractivity contribution in [2.45, 2.75) is 6.61 Å². The molecule has 0 saturated heterocycles. The number of para-hydroxylation sites is 1. The lowest BCUT2D eigenvalue weighted by atomic mass is 10.2. The Morgan fingerprint density at radius 2 is 1.96 bits per heavy atom. The molecular weight excluding hydrogens is 299 g/mol. The molecule has 6 nitrogen and oxygen atoms in total. The van der Waals surface area contributed by atoms with E-state index in [2.05, 4.69) is 10.2 Å². The molecule has 0 aliphatic heterocycles. The van der Waals surface area contributed by atoms with Gasteiger partial charge in [0.2, 0.25) is 5.96 Å². The largest absolute Gasteiger partial charge is 0.493 e. The minimum atomic E-state index is -0.335. The van der Waals surface area contributed by atoms with Crippen molar-refractivity contribution >= 4 is 12.2 Å². The maximum Gasteiger partial charge on any atom is 0.211 e. The third-order valence-electron chi connectivity index (χ3n) is 2.93. The first-order valence-electron chi connectivity index (χ1n) is 6.77. The normalized spacial score (nSPS) is 10.5. The van der Waals surface area contributed by atoms with Crippen molar-refractivity contribution in [3.63, 3.8) is 0 Å². The number of nitrogens with zero attached hydrogens (tertiary/aromatic N) is 2. The molecule has 2 aromatic carbocycles. The van der Waals surface area contributed by atoms with E-state index in [4.69, 9.17) is 20.9 Å². The number of benzene rings is 2. The van der Waals surface area contributed by atoms with Crippen LogP contribution >= 0.6 is 0 Å². The average molecular weight is 316 g/mol. The molecule has 7 heteroatoms. The minimum absolute atomic E-state index is 0.0518. The van der Waals surface area contributed by atoms with Crippen LogP contribution in [0.2, 0.25) is 0 Å². The van der Waals surface area contributed by atoms with Crippen LogP contribution < -0.4 is 20.9 Å². The molecule has 0 saturated carbocycles. The van der Waals surface area contributed by atoms with Crippen molar-refractivity contribution in [2.75, 3.05) is 7.11 Å². The Morgan fingerprint density at radius 1 is 1.17 bits per heavy atom. The van der Waals surface area contributed by atoms with Crippen LogP contribution in [0.15, 0.2) is 52.7 Å². The van der Waals surface area contributed by atoms with Crippen LogP contribution in [0.3, 0.4) is 0 Å². The molecule has 0 atom stereocenters. The Morgan fingerprint density at radius 3 is 2.65 bits per heavy atom. The van der Waals surface area contributed by atoms with Gasteiger partial charge in [-0.05, 0) is 18.2 Å². The number of guanidine groups is 1. The lowest BCUT2D eigenvalue weighted by Gasteiger charge is -2.13. The number of hydrogen-bond donors (Lipinski definition) is 2. The first kappa shape index (κ1) is 16.3. The second-order valence-corrected chi connectivity index (χ2v) is 4.53. The molecule has 0 radical (unpaired) electrons. The highest BCUT2D eigenvalue weighted by atomic mass is 19.1. The molecule has 4 N–H and O–H groups in total. The van der Waals surface area contributed by atoms with Gasteiger partial charge in [-0.25, -0.2) is 4.39 Å². The summed E-state index contributed by atoms with van der Waals surface area (Å²) in [7, 11) is 1.52. The van der Waals surface area contributed by atoms with E-state index in [9.17, 15) is 4.39 Å². The molecule has 2 rings (SSSR count). The smallest absolute Gasteiger partial charge is 0.211 e. The van der Waals surface area contributed by atoms with E-state index in [1.54, 1.807) is 36.4 Å². The maximum atomic E-state index is 13.7. The van der Waals surface area contributed by atoms with E-state index >= 15 is 0 Å². The highest BCUT2D eigenvalue weighted by molar-refractivity contribution is 5.86. The van der Waals surface area contributed by atoms with Crippen molar-refractivity contribution in [1.29, 1.82) is 0 Å². The van der Waals surface area contributed by atoms with E-state index in [-0.39, 0.29) is 18.4 Å². The van der Waals surface area contributed by atoms with Gasteiger partial charge in [0.15, 0.2) is 11.5 Å². The van der Waals surface area contributed by atoms with Gasteiger partial charge >= 0.3 is 0 Å². The molecule has 0 unspecified atom stereocenters. The van der Waals surface area contributed by atoms with E-state index < -0.39 is 0 Å². The van der Waals surface area contributed by atoms with Gasteiger partial charge in [0.25, 0.3) is 0 Å². The molecule has 23 heavy (non-hydrogen) atoms. The molecule has 0 aliphatic rings. The predicted octanol–water partition coefficient (Wildman–Crippen LogP) is 2.02. The van der Waals surface area contributed by atoms with E-state index in [0.29, 0.717) is 22.6 Å². The molecule has 0 bridgehead atoms. The third kappa shape index (κ3) is 4.44. The van der Waals surface area contributed by atoms with Crippen molar-refractivity contribution < 1.29 is 13.9 Å². The van der Waals surface area contributed by atoms with Crippen LogP contribution in [0.4, 0.5) is 4.39 Å².